The van der Waals surface area contributed by atoms with Crippen LogP contribution in [-0.2, 0) is 42.2 Å². The fraction of sp³-hybridized carbons (Fsp3) is 0.411. The van der Waals surface area contributed by atoms with Gasteiger partial charge < -0.3 is 38.7 Å². The van der Waals surface area contributed by atoms with E-state index in [0.717, 1.165) is 29.5 Å². The maximum absolute atomic E-state index is 15.8. The summed E-state index contributed by atoms with van der Waals surface area (Å²) in [4.78, 5) is 46.1. The molecule has 1 spiro atoms. The Labute approximate surface area is 491 Å². The van der Waals surface area contributed by atoms with Gasteiger partial charge in [-0.25, -0.2) is 9.59 Å². The van der Waals surface area contributed by atoms with Crippen LogP contribution in [0.25, 0.3) is 17.0 Å². The Hall–Kier alpha value is -7.15. The standard InChI is InChI=1S/C73H76O11/c1-44(41-75)54-27-22-45-20-23-47(24-21-45)55-28-26-49(48-14-11-17-53(38-48)72(33-9-4-10-34-72)52-15-5-3-6-16-52)37-51(55)39-64(77)81-68-66-63(31-30-59-61(42-76)65(71(79)82-67(59)66)50(32-36-74)43-80-2)84-73(69(68)83-70(54)78)35-12-19-58-57-29-25-46-13-7-8-18-56(46)60(57)40-62(58)73/h3,5-8,11-21,23-26,28-31,38,49-51,55,57-58,60,62,68-69,74-76H,4,9-10,22,27,32-37,39-43H2,1-2H3. The highest BCUT2D eigenvalue weighted by Crippen LogP contribution is 2.62. The van der Waals surface area contributed by atoms with E-state index in [9.17, 15) is 20.1 Å². The van der Waals surface area contributed by atoms with Crippen LogP contribution in [0.15, 0.2) is 166 Å². The van der Waals surface area contributed by atoms with Crippen molar-refractivity contribution >= 4 is 29.0 Å². The van der Waals surface area contributed by atoms with Gasteiger partial charge in [0.1, 0.15) is 11.3 Å². The molecule has 11 atom stereocenters. The predicted molar refractivity (Wildman–Crippen MR) is 323 cm³/mol. The lowest BCUT2D eigenvalue weighted by atomic mass is 9.64. The van der Waals surface area contributed by atoms with Gasteiger partial charge in [-0.1, -0.05) is 159 Å². The number of hydrogen-bond donors (Lipinski definition) is 3. The minimum absolute atomic E-state index is 0.00541. The molecule has 5 aliphatic carbocycles. The molecule has 8 aliphatic rings. The van der Waals surface area contributed by atoms with Gasteiger partial charge in [0, 0.05) is 72.2 Å². The van der Waals surface area contributed by atoms with E-state index in [-0.39, 0.29) is 103 Å². The highest BCUT2D eigenvalue weighted by atomic mass is 16.6. The van der Waals surface area contributed by atoms with Crippen molar-refractivity contribution in [3.63, 3.8) is 0 Å². The predicted octanol–water partition coefficient (Wildman–Crippen LogP) is 13.1. The second-order valence-electron chi connectivity index (χ2n) is 25.0. The maximum Gasteiger partial charge on any atom is 0.340 e. The van der Waals surface area contributed by atoms with Crippen molar-refractivity contribution < 1.29 is 48.3 Å². The Balaban J connectivity index is 0.964. The highest BCUT2D eigenvalue weighted by molar-refractivity contribution is 5.90. The molecule has 2 saturated carbocycles. The van der Waals surface area contributed by atoms with E-state index in [2.05, 4.69) is 140 Å². The van der Waals surface area contributed by atoms with E-state index in [4.69, 9.17) is 23.4 Å². The molecule has 84 heavy (non-hydrogen) atoms. The average molecular weight is 1130 g/mol. The van der Waals surface area contributed by atoms with Crippen molar-refractivity contribution in [3.05, 3.63) is 223 Å². The summed E-state index contributed by atoms with van der Waals surface area (Å²) in [6, 6.07) is 40.7. The summed E-state index contributed by atoms with van der Waals surface area (Å²) in [5.74, 6) is -1.96. The lowest BCUT2D eigenvalue weighted by molar-refractivity contribution is -0.205. The lowest BCUT2D eigenvalue weighted by Gasteiger charge is -2.52. The quantitative estimate of drug-likeness (QED) is 0.0518. The molecule has 11 unspecified atom stereocenters. The van der Waals surface area contributed by atoms with Gasteiger partial charge in [-0.15, -0.1) is 0 Å². The number of aryl methyl sites for hydroxylation is 1. The first-order valence-electron chi connectivity index (χ1n) is 30.6. The number of allylic oxidation sites excluding steroid dienone is 4. The van der Waals surface area contributed by atoms with Crippen LogP contribution in [0, 0.1) is 23.7 Å². The van der Waals surface area contributed by atoms with Crippen LogP contribution in [0.4, 0.5) is 0 Å². The zero-order valence-corrected chi connectivity index (χ0v) is 48.1. The normalized spacial score (nSPS) is 28.7. The van der Waals surface area contributed by atoms with Gasteiger partial charge in [-0.2, -0.15) is 0 Å². The number of carbonyl (C=O) groups excluding carboxylic acids is 2. The Kier molecular flexibility index (Phi) is 15.6. The van der Waals surface area contributed by atoms with Crippen LogP contribution in [0.1, 0.15) is 163 Å². The van der Waals surface area contributed by atoms with Crippen molar-refractivity contribution in [1.29, 1.82) is 0 Å². The first-order valence-corrected chi connectivity index (χ1v) is 30.6. The van der Waals surface area contributed by atoms with Crippen molar-refractivity contribution in [2.75, 3.05) is 26.9 Å². The number of rotatable bonds is 10. The molecule has 11 heteroatoms. The molecule has 1 aromatic heterocycles. The van der Waals surface area contributed by atoms with Gasteiger partial charge in [0.2, 0.25) is 0 Å². The van der Waals surface area contributed by atoms with Gasteiger partial charge in [0.15, 0.2) is 17.8 Å². The fourth-order valence-electron chi connectivity index (χ4n) is 16.5. The number of benzene rings is 5. The summed E-state index contributed by atoms with van der Waals surface area (Å²) >= 11 is 0. The number of ether oxygens (including phenoxy) is 4. The fourth-order valence-corrected chi connectivity index (χ4v) is 16.5. The van der Waals surface area contributed by atoms with Gasteiger partial charge in [-0.05, 0) is 138 Å². The summed E-state index contributed by atoms with van der Waals surface area (Å²) < 4.78 is 33.9. The maximum atomic E-state index is 15.8. The number of carbonyl (C=O) groups is 2. The summed E-state index contributed by atoms with van der Waals surface area (Å²) in [7, 11) is 1.52. The molecule has 4 heterocycles. The summed E-state index contributed by atoms with van der Waals surface area (Å²) in [6.07, 6.45) is 19.1. The van der Waals surface area contributed by atoms with Gasteiger partial charge >= 0.3 is 17.6 Å². The number of aliphatic hydroxyl groups excluding tert-OH is 3. The third-order valence-corrected chi connectivity index (χ3v) is 20.6. The molecule has 14 rings (SSSR count). The summed E-state index contributed by atoms with van der Waals surface area (Å²) in [6.45, 7) is 0.657. The van der Waals surface area contributed by atoms with E-state index < -0.39 is 47.9 Å². The third-order valence-electron chi connectivity index (χ3n) is 20.6. The van der Waals surface area contributed by atoms with Crippen LogP contribution in [0.3, 0.4) is 0 Å². The van der Waals surface area contributed by atoms with Crippen LogP contribution < -0.4 is 10.4 Å². The van der Waals surface area contributed by atoms with E-state index in [0.29, 0.717) is 53.5 Å². The molecule has 434 valence electrons. The van der Waals surface area contributed by atoms with Gasteiger partial charge in [0.25, 0.3) is 0 Å². The molecule has 3 aliphatic heterocycles. The van der Waals surface area contributed by atoms with Crippen LogP contribution in [-0.4, -0.2) is 65.9 Å². The van der Waals surface area contributed by atoms with E-state index in [1.807, 2.05) is 0 Å². The second-order valence-corrected chi connectivity index (χ2v) is 25.0. The minimum Gasteiger partial charge on any atom is -0.482 e. The summed E-state index contributed by atoms with van der Waals surface area (Å²) in [5, 5.41) is 32.6. The van der Waals surface area contributed by atoms with E-state index in [1.54, 1.807) is 19.1 Å². The van der Waals surface area contributed by atoms with Crippen LogP contribution in [0.5, 0.6) is 5.75 Å². The molecular formula is C73H76O11. The van der Waals surface area contributed by atoms with Crippen molar-refractivity contribution in [1.82, 2.24) is 0 Å². The largest absolute Gasteiger partial charge is 0.482 e. The van der Waals surface area contributed by atoms with Crippen molar-refractivity contribution in [2.45, 2.75) is 137 Å². The number of esters is 2. The zero-order valence-electron chi connectivity index (χ0n) is 48.1. The minimum atomic E-state index is -1.38. The molecular weight excluding hydrogens is 1050 g/mol. The lowest BCUT2D eigenvalue weighted by Crippen LogP contribution is -2.61. The molecule has 0 radical (unpaired) electrons. The van der Waals surface area contributed by atoms with Crippen LogP contribution in [0.2, 0.25) is 0 Å². The van der Waals surface area contributed by atoms with Gasteiger partial charge in [0.05, 0.1) is 25.4 Å². The zero-order chi connectivity index (χ0) is 57.7. The first-order chi connectivity index (χ1) is 41.1. The SMILES string of the molecule is COCC(CCO)c1c(CO)c2ccc3c(c2oc1=O)C1OC(=O)CC2CC(c4cccc(C5(c6ccccc6)CCCCC5)c4)C=CC2c2ccc(cc2)CCC(=C(C)CO)C(=O)OC1C1(CC=CC2C4C=Cc5ccccc5C4CC21)O3. The molecule has 6 aromatic rings. The third kappa shape index (κ3) is 9.82. The van der Waals surface area contributed by atoms with Crippen molar-refractivity contribution in [3.8, 4) is 5.75 Å². The molecule has 3 N–H and O–H groups in total. The molecule has 11 nitrogen and oxygen atoms in total. The Morgan fingerprint density at radius 2 is 1.57 bits per heavy atom. The number of aliphatic hydroxyl groups is 3. The molecule has 0 saturated heterocycles. The second kappa shape index (κ2) is 23.4. The van der Waals surface area contributed by atoms with E-state index >= 15 is 9.59 Å². The Morgan fingerprint density at radius 1 is 0.774 bits per heavy atom. The molecule has 2 bridgehead atoms. The first kappa shape index (κ1) is 56.0. The van der Waals surface area contributed by atoms with Crippen LogP contribution >= 0.6 is 0 Å². The smallest absolute Gasteiger partial charge is 0.340 e. The summed E-state index contributed by atoms with van der Waals surface area (Å²) in [5.41, 5.74) is 7.74. The monoisotopic (exact) mass is 1130 g/mol. The highest BCUT2D eigenvalue weighted by Gasteiger charge is 2.64. The number of hydrogen-bond acceptors (Lipinski definition) is 11. The number of methoxy groups -OCH3 is 1. The molecule has 5 aromatic carbocycles. The van der Waals surface area contributed by atoms with Gasteiger partial charge in [-0.3, -0.25) is 4.79 Å². The number of fused-ring (bicyclic) bond motifs is 17. The Bertz CT molecular complexity index is 3630. The molecule has 2 fully saturated rings. The Morgan fingerprint density at radius 3 is 2.36 bits per heavy atom. The average Bonchev–Trinajstić information content (AvgIpc) is 1.55. The van der Waals surface area contributed by atoms with Crippen molar-refractivity contribution in [2.24, 2.45) is 23.7 Å². The van der Waals surface area contributed by atoms with E-state index in [1.165, 1.54) is 48.6 Å². The topological polar surface area (TPSA) is 162 Å². The molecule has 0 amide bonds.